The Balaban J connectivity index is 1.76. The van der Waals surface area contributed by atoms with Crippen molar-refractivity contribution < 1.29 is 9.47 Å². The third-order valence-electron chi connectivity index (χ3n) is 3.74. The second kappa shape index (κ2) is 8.15. The molecule has 1 heterocycles. The third kappa shape index (κ3) is 4.18. The highest BCUT2D eigenvalue weighted by Crippen LogP contribution is 2.25. The monoisotopic (exact) mass is 352 g/mol. The van der Waals surface area contributed by atoms with Gasteiger partial charge in [-0.15, -0.1) is 10.2 Å². The number of hydrogen-bond donors (Lipinski definition) is 2. The molecule has 0 spiro atoms. The van der Waals surface area contributed by atoms with E-state index in [0.29, 0.717) is 30.2 Å². The molecular weight excluding hydrogens is 332 g/mol. The number of para-hydroxylation sites is 2. The molecule has 2 N–H and O–H groups in total. The quantitative estimate of drug-likeness (QED) is 0.680. The van der Waals surface area contributed by atoms with Gasteiger partial charge in [-0.25, -0.2) is 0 Å². The highest BCUT2D eigenvalue weighted by atomic mass is 16.5. The van der Waals surface area contributed by atoms with E-state index in [-0.39, 0.29) is 11.5 Å². The minimum atomic E-state index is -0.285. The minimum Gasteiger partial charge on any atom is -0.497 e. The van der Waals surface area contributed by atoms with Crippen molar-refractivity contribution >= 4 is 11.6 Å². The Bertz CT molecular complexity index is 923. The molecule has 1 aromatic heterocycles. The van der Waals surface area contributed by atoms with Crippen LogP contribution in [0, 0.1) is 0 Å². The molecule has 0 bridgehead atoms. The molecule has 7 heteroatoms. The van der Waals surface area contributed by atoms with Crippen LogP contribution in [-0.2, 0) is 6.42 Å². The Labute approximate surface area is 151 Å². The van der Waals surface area contributed by atoms with Gasteiger partial charge in [0, 0.05) is 6.42 Å². The summed E-state index contributed by atoms with van der Waals surface area (Å²) in [7, 11) is 1.61. The Morgan fingerprint density at radius 1 is 1.08 bits per heavy atom. The van der Waals surface area contributed by atoms with Crippen molar-refractivity contribution in [2.45, 2.75) is 13.3 Å². The number of H-pyrrole nitrogens is 1. The van der Waals surface area contributed by atoms with Gasteiger partial charge in [-0.05, 0) is 36.8 Å². The fourth-order valence-corrected chi connectivity index (χ4v) is 2.45. The molecule has 0 aliphatic rings. The van der Waals surface area contributed by atoms with Gasteiger partial charge < -0.3 is 14.8 Å². The molecule has 3 aromatic rings. The van der Waals surface area contributed by atoms with E-state index in [2.05, 4.69) is 20.5 Å². The second-order valence-corrected chi connectivity index (χ2v) is 5.53. The van der Waals surface area contributed by atoms with Crippen LogP contribution < -0.4 is 20.3 Å². The molecule has 0 fully saturated rings. The van der Waals surface area contributed by atoms with Crippen LogP contribution in [0.5, 0.6) is 11.5 Å². The molecule has 0 radical (unpaired) electrons. The molecule has 0 saturated carbocycles. The van der Waals surface area contributed by atoms with Gasteiger partial charge in [0.1, 0.15) is 17.2 Å². The molecule has 134 valence electrons. The zero-order chi connectivity index (χ0) is 18.4. The average molecular weight is 352 g/mol. The molecular formula is C19H20N4O3. The van der Waals surface area contributed by atoms with E-state index in [1.165, 1.54) is 0 Å². The number of aromatic amines is 1. The van der Waals surface area contributed by atoms with Gasteiger partial charge in [0.05, 0.1) is 19.4 Å². The minimum absolute atomic E-state index is 0.264. The first kappa shape index (κ1) is 17.5. The van der Waals surface area contributed by atoms with Crippen LogP contribution in [0.25, 0.3) is 0 Å². The van der Waals surface area contributed by atoms with Crippen LogP contribution in [-0.4, -0.2) is 28.9 Å². The van der Waals surface area contributed by atoms with Crippen LogP contribution in [0.1, 0.15) is 18.2 Å². The van der Waals surface area contributed by atoms with Gasteiger partial charge >= 0.3 is 0 Å². The molecule has 0 unspecified atom stereocenters. The molecule has 3 rings (SSSR count). The number of rotatable bonds is 7. The Morgan fingerprint density at radius 3 is 2.54 bits per heavy atom. The Hall–Kier alpha value is -3.35. The smallest absolute Gasteiger partial charge is 0.274 e. The maximum atomic E-state index is 12.3. The lowest BCUT2D eigenvalue weighted by molar-refractivity contribution is 0.342. The first-order valence-corrected chi connectivity index (χ1v) is 8.27. The van der Waals surface area contributed by atoms with E-state index < -0.39 is 0 Å². The molecule has 0 amide bonds. The van der Waals surface area contributed by atoms with Crippen molar-refractivity contribution in [3.8, 4) is 11.5 Å². The lowest BCUT2D eigenvalue weighted by atomic mass is 10.1. The van der Waals surface area contributed by atoms with E-state index in [4.69, 9.17) is 9.47 Å². The largest absolute Gasteiger partial charge is 0.497 e. The summed E-state index contributed by atoms with van der Waals surface area (Å²) in [4.78, 5) is 15.0. The maximum absolute atomic E-state index is 12.3. The van der Waals surface area contributed by atoms with Crippen molar-refractivity contribution in [2.75, 3.05) is 19.0 Å². The Kier molecular flexibility index (Phi) is 5.48. The SMILES string of the molecule is CCOc1ccccc1Nc1nnc(Cc2ccc(OC)cc2)c(=O)[nH]1. The highest BCUT2D eigenvalue weighted by Gasteiger charge is 2.09. The summed E-state index contributed by atoms with van der Waals surface area (Å²) in [6.45, 7) is 2.45. The maximum Gasteiger partial charge on any atom is 0.274 e. The van der Waals surface area contributed by atoms with Crippen molar-refractivity contribution in [2.24, 2.45) is 0 Å². The van der Waals surface area contributed by atoms with Gasteiger partial charge in [0.15, 0.2) is 0 Å². The van der Waals surface area contributed by atoms with E-state index in [1.54, 1.807) is 7.11 Å². The van der Waals surface area contributed by atoms with Crippen LogP contribution in [0.4, 0.5) is 11.6 Å². The number of benzene rings is 2. The summed E-state index contributed by atoms with van der Waals surface area (Å²) in [6, 6.07) is 14.9. The van der Waals surface area contributed by atoms with E-state index >= 15 is 0 Å². The fraction of sp³-hybridized carbons (Fsp3) is 0.211. The predicted molar refractivity (Wildman–Crippen MR) is 99.3 cm³/mol. The molecule has 7 nitrogen and oxygen atoms in total. The van der Waals surface area contributed by atoms with E-state index in [1.807, 2.05) is 55.5 Å². The lowest BCUT2D eigenvalue weighted by Gasteiger charge is -2.11. The fourth-order valence-electron chi connectivity index (χ4n) is 2.45. The predicted octanol–water partition coefficient (Wildman–Crippen LogP) is 2.91. The van der Waals surface area contributed by atoms with Gasteiger partial charge in [-0.1, -0.05) is 24.3 Å². The van der Waals surface area contributed by atoms with E-state index in [9.17, 15) is 4.79 Å². The summed E-state index contributed by atoms with van der Waals surface area (Å²) in [5.41, 5.74) is 1.72. The summed E-state index contributed by atoms with van der Waals surface area (Å²) >= 11 is 0. The first-order valence-electron chi connectivity index (χ1n) is 8.27. The van der Waals surface area contributed by atoms with Crippen LogP contribution >= 0.6 is 0 Å². The van der Waals surface area contributed by atoms with Gasteiger partial charge in [0.2, 0.25) is 5.95 Å². The van der Waals surface area contributed by atoms with Gasteiger partial charge in [-0.2, -0.15) is 0 Å². The van der Waals surface area contributed by atoms with E-state index in [0.717, 1.165) is 11.3 Å². The van der Waals surface area contributed by atoms with Crippen molar-refractivity contribution in [3.05, 3.63) is 70.1 Å². The molecule has 2 aromatic carbocycles. The first-order chi connectivity index (χ1) is 12.7. The topological polar surface area (TPSA) is 89.1 Å². The number of aromatic nitrogens is 3. The number of methoxy groups -OCH3 is 1. The number of nitrogens with zero attached hydrogens (tertiary/aromatic N) is 2. The molecule has 0 aliphatic carbocycles. The van der Waals surface area contributed by atoms with Crippen molar-refractivity contribution in [3.63, 3.8) is 0 Å². The zero-order valence-corrected chi connectivity index (χ0v) is 14.7. The summed E-state index contributed by atoms with van der Waals surface area (Å²) in [5.74, 6) is 1.71. The normalized spacial score (nSPS) is 10.4. The van der Waals surface area contributed by atoms with Crippen molar-refractivity contribution in [1.29, 1.82) is 0 Å². The van der Waals surface area contributed by atoms with Crippen molar-refractivity contribution in [1.82, 2.24) is 15.2 Å². The number of anilines is 2. The van der Waals surface area contributed by atoms with Crippen LogP contribution in [0.15, 0.2) is 53.3 Å². The average Bonchev–Trinajstić information content (AvgIpc) is 2.66. The summed E-state index contributed by atoms with van der Waals surface area (Å²) < 4.78 is 10.7. The number of hydrogen-bond acceptors (Lipinski definition) is 6. The van der Waals surface area contributed by atoms with Crippen LogP contribution in [0.3, 0.4) is 0 Å². The van der Waals surface area contributed by atoms with Gasteiger partial charge in [-0.3, -0.25) is 9.78 Å². The summed E-state index contributed by atoms with van der Waals surface area (Å²) in [5, 5.41) is 11.2. The summed E-state index contributed by atoms with van der Waals surface area (Å²) in [6.07, 6.45) is 0.391. The van der Waals surface area contributed by atoms with Gasteiger partial charge in [0.25, 0.3) is 5.56 Å². The molecule has 26 heavy (non-hydrogen) atoms. The third-order valence-corrected chi connectivity index (χ3v) is 3.74. The molecule has 0 aliphatic heterocycles. The zero-order valence-electron chi connectivity index (χ0n) is 14.7. The second-order valence-electron chi connectivity index (χ2n) is 5.53. The standard InChI is InChI=1S/C19H20N4O3/c1-3-26-17-7-5-4-6-15(17)20-19-21-18(24)16(22-23-19)12-13-8-10-14(25-2)11-9-13/h4-11H,3,12H2,1-2H3,(H2,20,21,23,24). The number of nitrogens with one attached hydrogen (secondary N) is 2. The number of ether oxygens (including phenoxy) is 2. The molecule has 0 atom stereocenters. The Morgan fingerprint density at radius 2 is 1.85 bits per heavy atom. The molecule has 0 saturated heterocycles. The lowest BCUT2D eigenvalue weighted by Crippen LogP contribution is -2.19. The van der Waals surface area contributed by atoms with Crippen LogP contribution in [0.2, 0.25) is 0 Å². The highest BCUT2D eigenvalue weighted by molar-refractivity contribution is 5.62.